The Labute approximate surface area is 158 Å². The summed E-state index contributed by atoms with van der Waals surface area (Å²) in [5, 5.41) is 12.0. The van der Waals surface area contributed by atoms with Gasteiger partial charge in [0.05, 0.1) is 5.92 Å². The van der Waals surface area contributed by atoms with Gasteiger partial charge in [-0.1, -0.05) is 36.4 Å². The van der Waals surface area contributed by atoms with E-state index < -0.39 is 5.97 Å². The lowest BCUT2D eigenvalue weighted by Crippen LogP contribution is -2.45. The number of piperidine rings is 1. The number of amides is 2. The van der Waals surface area contributed by atoms with E-state index in [1.165, 1.54) is 0 Å². The van der Waals surface area contributed by atoms with Gasteiger partial charge >= 0.3 is 12.0 Å². The first-order valence-corrected chi connectivity index (χ1v) is 9.11. The summed E-state index contributed by atoms with van der Waals surface area (Å²) < 4.78 is 6.03. The minimum absolute atomic E-state index is 0.176. The number of carboxylic acids is 1. The molecule has 0 saturated carbocycles. The third-order valence-corrected chi connectivity index (χ3v) is 4.85. The number of carbonyl (C=O) groups is 2. The minimum atomic E-state index is -0.780. The van der Waals surface area contributed by atoms with Gasteiger partial charge in [-0.2, -0.15) is 0 Å². The Morgan fingerprint density at radius 2 is 1.70 bits per heavy atom. The third-order valence-electron chi connectivity index (χ3n) is 4.85. The molecule has 0 bridgehead atoms. The number of nitrogens with zero attached hydrogens (tertiary/aromatic N) is 1. The average molecular weight is 368 g/mol. The highest BCUT2D eigenvalue weighted by Gasteiger charge is 2.26. The maximum absolute atomic E-state index is 12.4. The predicted octanol–water partition coefficient (Wildman–Crippen LogP) is 3.79. The number of carbonyl (C=O) groups excluding carboxylic acids is 1. The van der Waals surface area contributed by atoms with Crippen LogP contribution in [0, 0.1) is 12.8 Å². The average Bonchev–Trinajstić information content (AvgIpc) is 2.69. The van der Waals surface area contributed by atoms with Crippen LogP contribution in [0.15, 0.2) is 48.5 Å². The van der Waals surface area contributed by atoms with E-state index >= 15 is 0 Å². The Balaban J connectivity index is 1.59. The standard InChI is InChI=1S/C21H24N2O4/c1-15-6-2-4-8-18(15)27-19-9-5-3-7-17(19)14-22-21(26)23-12-10-16(11-13-23)20(24)25/h2-9,16H,10-14H2,1H3,(H,22,26)(H,24,25). The van der Waals surface area contributed by atoms with Crippen LogP contribution in [0.1, 0.15) is 24.0 Å². The van der Waals surface area contributed by atoms with E-state index in [4.69, 9.17) is 9.84 Å². The van der Waals surface area contributed by atoms with E-state index in [1.54, 1.807) is 4.90 Å². The van der Waals surface area contributed by atoms with Gasteiger partial charge in [0.15, 0.2) is 0 Å². The van der Waals surface area contributed by atoms with Crippen molar-refractivity contribution in [2.24, 2.45) is 5.92 Å². The number of benzene rings is 2. The van der Waals surface area contributed by atoms with Gasteiger partial charge in [0.25, 0.3) is 0 Å². The fourth-order valence-electron chi connectivity index (χ4n) is 3.15. The van der Waals surface area contributed by atoms with Crippen LogP contribution in [-0.2, 0) is 11.3 Å². The highest BCUT2D eigenvalue weighted by molar-refractivity contribution is 5.75. The van der Waals surface area contributed by atoms with Crippen molar-refractivity contribution in [1.29, 1.82) is 0 Å². The van der Waals surface area contributed by atoms with Gasteiger partial charge in [0.1, 0.15) is 11.5 Å². The number of aliphatic carboxylic acids is 1. The van der Waals surface area contributed by atoms with Crippen molar-refractivity contribution in [1.82, 2.24) is 10.2 Å². The Hall–Kier alpha value is -3.02. The molecule has 0 spiro atoms. The van der Waals surface area contributed by atoms with Crippen LogP contribution in [0.3, 0.4) is 0 Å². The summed E-state index contributed by atoms with van der Waals surface area (Å²) >= 11 is 0. The van der Waals surface area contributed by atoms with Crippen LogP contribution in [0.4, 0.5) is 4.79 Å². The van der Waals surface area contributed by atoms with E-state index in [0.29, 0.717) is 38.2 Å². The lowest BCUT2D eigenvalue weighted by atomic mass is 9.97. The summed E-state index contributed by atoms with van der Waals surface area (Å²) in [5.41, 5.74) is 1.92. The van der Waals surface area contributed by atoms with E-state index in [1.807, 2.05) is 55.5 Å². The zero-order chi connectivity index (χ0) is 19.2. The lowest BCUT2D eigenvalue weighted by molar-refractivity contribution is -0.143. The van der Waals surface area contributed by atoms with E-state index in [-0.39, 0.29) is 11.9 Å². The summed E-state index contributed by atoms with van der Waals surface area (Å²) in [6.07, 6.45) is 0.992. The second-order valence-corrected chi connectivity index (χ2v) is 6.73. The molecular formula is C21H24N2O4. The second kappa shape index (κ2) is 8.58. The number of aryl methyl sites for hydroxylation is 1. The molecule has 6 heteroatoms. The van der Waals surface area contributed by atoms with Crippen LogP contribution in [0.5, 0.6) is 11.5 Å². The van der Waals surface area contributed by atoms with Gasteiger partial charge in [-0.15, -0.1) is 0 Å². The van der Waals surface area contributed by atoms with Crippen LogP contribution >= 0.6 is 0 Å². The second-order valence-electron chi connectivity index (χ2n) is 6.73. The quantitative estimate of drug-likeness (QED) is 0.841. The van der Waals surface area contributed by atoms with Crippen molar-refractivity contribution in [3.8, 4) is 11.5 Å². The fraction of sp³-hybridized carbons (Fsp3) is 0.333. The number of carboxylic acid groups (broad SMARTS) is 1. The normalized spacial score (nSPS) is 14.6. The topological polar surface area (TPSA) is 78.9 Å². The van der Waals surface area contributed by atoms with Crippen LogP contribution in [0.25, 0.3) is 0 Å². The molecule has 142 valence electrons. The lowest BCUT2D eigenvalue weighted by Gasteiger charge is -2.30. The van der Waals surface area contributed by atoms with Crippen molar-refractivity contribution >= 4 is 12.0 Å². The molecule has 3 rings (SSSR count). The highest BCUT2D eigenvalue weighted by atomic mass is 16.5. The first kappa shape index (κ1) is 18.8. The maximum Gasteiger partial charge on any atom is 0.317 e. The van der Waals surface area contributed by atoms with Crippen molar-refractivity contribution in [2.75, 3.05) is 13.1 Å². The Morgan fingerprint density at radius 1 is 1.07 bits per heavy atom. The molecule has 2 aromatic carbocycles. The Kier molecular flexibility index (Phi) is 5.96. The summed E-state index contributed by atoms with van der Waals surface area (Å²) in [6.45, 7) is 3.26. The zero-order valence-corrected chi connectivity index (χ0v) is 15.4. The van der Waals surface area contributed by atoms with Gasteiger partial charge in [0.2, 0.25) is 0 Å². The third kappa shape index (κ3) is 4.78. The molecule has 1 aliphatic heterocycles. The van der Waals surface area contributed by atoms with Crippen molar-refractivity contribution in [3.63, 3.8) is 0 Å². The summed E-state index contributed by atoms with van der Waals surface area (Å²) in [6, 6.07) is 15.2. The molecule has 0 radical (unpaired) electrons. The number of hydrogen-bond donors (Lipinski definition) is 2. The summed E-state index contributed by atoms with van der Waals surface area (Å²) in [4.78, 5) is 25.1. The number of likely N-dealkylation sites (tertiary alicyclic amines) is 1. The number of nitrogens with one attached hydrogen (secondary N) is 1. The van der Waals surface area contributed by atoms with E-state index in [2.05, 4.69) is 5.32 Å². The number of ether oxygens (including phenoxy) is 1. The molecule has 1 fully saturated rings. The van der Waals surface area contributed by atoms with Gasteiger partial charge in [-0.25, -0.2) is 4.79 Å². The highest BCUT2D eigenvalue weighted by Crippen LogP contribution is 2.27. The largest absolute Gasteiger partial charge is 0.481 e. The zero-order valence-electron chi connectivity index (χ0n) is 15.4. The first-order chi connectivity index (χ1) is 13.0. The Morgan fingerprint density at radius 3 is 2.37 bits per heavy atom. The van der Waals surface area contributed by atoms with Gasteiger partial charge in [0, 0.05) is 25.2 Å². The molecule has 0 aromatic heterocycles. The van der Waals surface area contributed by atoms with Gasteiger partial charge in [-0.05, 0) is 37.5 Å². The van der Waals surface area contributed by atoms with E-state index in [0.717, 1.165) is 16.9 Å². The van der Waals surface area contributed by atoms with Gasteiger partial charge in [-0.3, -0.25) is 4.79 Å². The monoisotopic (exact) mass is 368 g/mol. The summed E-state index contributed by atoms with van der Waals surface area (Å²) in [5.74, 6) is 0.360. The maximum atomic E-state index is 12.4. The molecule has 2 aromatic rings. The molecule has 2 amide bonds. The summed E-state index contributed by atoms with van der Waals surface area (Å²) in [7, 11) is 0. The molecule has 1 aliphatic rings. The first-order valence-electron chi connectivity index (χ1n) is 9.11. The Bertz CT molecular complexity index is 813. The van der Waals surface area contributed by atoms with Gasteiger partial charge < -0.3 is 20.1 Å². The van der Waals surface area contributed by atoms with Crippen LogP contribution < -0.4 is 10.1 Å². The molecule has 2 N–H and O–H groups in total. The molecule has 1 saturated heterocycles. The molecule has 6 nitrogen and oxygen atoms in total. The molecular weight excluding hydrogens is 344 g/mol. The predicted molar refractivity (Wildman–Crippen MR) is 102 cm³/mol. The van der Waals surface area contributed by atoms with Crippen molar-refractivity contribution in [3.05, 3.63) is 59.7 Å². The number of urea groups is 1. The SMILES string of the molecule is Cc1ccccc1Oc1ccccc1CNC(=O)N1CCC(C(=O)O)CC1. The smallest absolute Gasteiger partial charge is 0.317 e. The molecule has 0 aliphatic carbocycles. The number of para-hydroxylation sites is 2. The molecule has 1 heterocycles. The number of hydrogen-bond acceptors (Lipinski definition) is 3. The van der Waals surface area contributed by atoms with Crippen molar-refractivity contribution in [2.45, 2.75) is 26.3 Å². The van der Waals surface area contributed by atoms with Crippen molar-refractivity contribution < 1.29 is 19.4 Å². The van der Waals surface area contributed by atoms with Crippen LogP contribution in [0.2, 0.25) is 0 Å². The molecule has 27 heavy (non-hydrogen) atoms. The molecule has 0 unspecified atom stereocenters. The molecule has 0 atom stereocenters. The van der Waals surface area contributed by atoms with Crippen LogP contribution in [-0.4, -0.2) is 35.1 Å². The van der Waals surface area contributed by atoms with E-state index in [9.17, 15) is 9.59 Å². The number of rotatable bonds is 5. The fourth-order valence-corrected chi connectivity index (χ4v) is 3.15. The minimum Gasteiger partial charge on any atom is -0.481 e.